The molecule has 1 N–H and O–H groups in total. The van der Waals surface area contributed by atoms with E-state index in [0.717, 1.165) is 22.6 Å². The van der Waals surface area contributed by atoms with Crippen LogP contribution in [-0.2, 0) is 0 Å². The zero-order chi connectivity index (χ0) is 15.5. The third kappa shape index (κ3) is 3.06. The van der Waals surface area contributed by atoms with Gasteiger partial charge in [-0.2, -0.15) is 0 Å². The molecule has 1 atom stereocenters. The summed E-state index contributed by atoms with van der Waals surface area (Å²) in [6.45, 7) is 4.76. The number of rotatable bonds is 3. The van der Waals surface area contributed by atoms with Gasteiger partial charge in [0, 0.05) is 5.56 Å². The standard InChI is InChI=1S/C18H19NO3/c1-12-7-8-13(2)15(9-12)18(20)19-10-14-11-21-16-5-3-4-6-17(16)22-14/h3-9,14H,10-11H2,1-2H3,(H,19,20). The van der Waals surface area contributed by atoms with E-state index in [1.54, 1.807) is 0 Å². The number of para-hydroxylation sites is 2. The molecular weight excluding hydrogens is 278 g/mol. The molecule has 1 aliphatic heterocycles. The Morgan fingerprint density at radius 3 is 2.77 bits per heavy atom. The van der Waals surface area contributed by atoms with E-state index in [1.165, 1.54) is 0 Å². The molecule has 0 fully saturated rings. The highest BCUT2D eigenvalue weighted by atomic mass is 16.6. The first-order valence-corrected chi connectivity index (χ1v) is 7.37. The average molecular weight is 297 g/mol. The molecule has 4 nitrogen and oxygen atoms in total. The lowest BCUT2D eigenvalue weighted by molar-refractivity contribution is 0.0789. The van der Waals surface area contributed by atoms with Gasteiger partial charge in [-0.1, -0.05) is 29.8 Å². The Morgan fingerprint density at radius 2 is 1.95 bits per heavy atom. The third-order valence-electron chi connectivity index (χ3n) is 3.70. The Balaban J connectivity index is 1.61. The van der Waals surface area contributed by atoms with E-state index in [0.29, 0.717) is 18.7 Å². The lowest BCUT2D eigenvalue weighted by Crippen LogP contribution is -2.40. The van der Waals surface area contributed by atoms with Crippen molar-refractivity contribution in [1.82, 2.24) is 5.32 Å². The highest BCUT2D eigenvalue weighted by Gasteiger charge is 2.21. The minimum absolute atomic E-state index is 0.0799. The van der Waals surface area contributed by atoms with E-state index in [1.807, 2.05) is 56.3 Å². The lowest BCUT2D eigenvalue weighted by Gasteiger charge is -2.26. The lowest BCUT2D eigenvalue weighted by atomic mass is 10.1. The molecule has 1 heterocycles. The van der Waals surface area contributed by atoms with E-state index in [4.69, 9.17) is 9.47 Å². The fourth-order valence-electron chi connectivity index (χ4n) is 2.45. The van der Waals surface area contributed by atoms with Crippen LogP contribution in [0, 0.1) is 13.8 Å². The number of hydrogen-bond donors (Lipinski definition) is 1. The Labute approximate surface area is 130 Å². The van der Waals surface area contributed by atoms with Crippen molar-refractivity contribution in [3.8, 4) is 11.5 Å². The topological polar surface area (TPSA) is 47.6 Å². The van der Waals surface area contributed by atoms with Gasteiger partial charge in [-0.3, -0.25) is 4.79 Å². The maximum absolute atomic E-state index is 12.3. The van der Waals surface area contributed by atoms with Gasteiger partial charge in [-0.15, -0.1) is 0 Å². The smallest absolute Gasteiger partial charge is 0.251 e. The monoisotopic (exact) mass is 297 g/mol. The SMILES string of the molecule is Cc1ccc(C)c(C(=O)NCC2COc3ccccc3O2)c1. The van der Waals surface area contributed by atoms with E-state index in [9.17, 15) is 4.79 Å². The van der Waals surface area contributed by atoms with Gasteiger partial charge < -0.3 is 14.8 Å². The van der Waals surface area contributed by atoms with E-state index in [-0.39, 0.29) is 12.0 Å². The van der Waals surface area contributed by atoms with Crippen LogP contribution in [0.15, 0.2) is 42.5 Å². The van der Waals surface area contributed by atoms with Gasteiger partial charge in [-0.05, 0) is 37.6 Å². The van der Waals surface area contributed by atoms with Crippen LogP contribution in [0.4, 0.5) is 0 Å². The summed E-state index contributed by atoms with van der Waals surface area (Å²) in [6, 6.07) is 13.4. The summed E-state index contributed by atoms with van der Waals surface area (Å²) in [4.78, 5) is 12.3. The van der Waals surface area contributed by atoms with Crippen molar-refractivity contribution in [1.29, 1.82) is 0 Å². The molecule has 1 amide bonds. The summed E-state index contributed by atoms with van der Waals surface area (Å²) in [7, 11) is 0. The molecule has 114 valence electrons. The molecule has 0 radical (unpaired) electrons. The summed E-state index contributed by atoms with van der Waals surface area (Å²) in [5.41, 5.74) is 2.74. The number of hydrogen-bond acceptors (Lipinski definition) is 3. The van der Waals surface area contributed by atoms with Crippen LogP contribution < -0.4 is 14.8 Å². The second-order valence-corrected chi connectivity index (χ2v) is 5.53. The van der Waals surface area contributed by atoms with Crippen LogP contribution in [-0.4, -0.2) is 25.2 Å². The van der Waals surface area contributed by atoms with Crippen molar-refractivity contribution in [2.75, 3.05) is 13.2 Å². The number of ether oxygens (including phenoxy) is 2. The van der Waals surface area contributed by atoms with E-state index < -0.39 is 0 Å². The minimum Gasteiger partial charge on any atom is -0.486 e. The zero-order valence-corrected chi connectivity index (χ0v) is 12.8. The Morgan fingerprint density at radius 1 is 1.18 bits per heavy atom. The molecular formula is C18H19NO3. The molecule has 1 aliphatic rings. The summed E-state index contributed by atoms with van der Waals surface area (Å²) < 4.78 is 11.5. The van der Waals surface area contributed by atoms with Crippen molar-refractivity contribution in [2.24, 2.45) is 0 Å². The first kappa shape index (κ1) is 14.4. The van der Waals surface area contributed by atoms with Gasteiger partial charge in [0.1, 0.15) is 12.7 Å². The molecule has 1 unspecified atom stereocenters. The first-order chi connectivity index (χ1) is 10.6. The highest BCUT2D eigenvalue weighted by Crippen LogP contribution is 2.30. The van der Waals surface area contributed by atoms with E-state index >= 15 is 0 Å². The normalized spacial score (nSPS) is 16.2. The maximum Gasteiger partial charge on any atom is 0.251 e. The maximum atomic E-state index is 12.3. The third-order valence-corrected chi connectivity index (χ3v) is 3.70. The molecule has 0 spiro atoms. The second kappa shape index (κ2) is 6.10. The van der Waals surface area contributed by atoms with Crippen molar-refractivity contribution >= 4 is 5.91 Å². The summed E-state index contributed by atoms with van der Waals surface area (Å²) >= 11 is 0. The minimum atomic E-state index is -0.177. The van der Waals surface area contributed by atoms with E-state index in [2.05, 4.69) is 5.32 Å². The van der Waals surface area contributed by atoms with Crippen LogP contribution in [0.3, 0.4) is 0 Å². The first-order valence-electron chi connectivity index (χ1n) is 7.37. The highest BCUT2D eigenvalue weighted by molar-refractivity contribution is 5.95. The van der Waals surface area contributed by atoms with Gasteiger partial charge in [0.25, 0.3) is 5.91 Å². The molecule has 0 saturated carbocycles. The molecule has 0 bridgehead atoms. The number of benzene rings is 2. The van der Waals surface area contributed by atoms with Crippen LogP contribution in [0.1, 0.15) is 21.5 Å². The fraction of sp³-hybridized carbons (Fsp3) is 0.278. The molecule has 22 heavy (non-hydrogen) atoms. The molecule has 2 aromatic carbocycles. The molecule has 4 heteroatoms. The van der Waals surface area contributed by atoms with Crippen LogP contribution in [0.2, 0.25) is 0 Å². The van der Waals surface area contributed by atoms with Gasteiger partial charge in [0.05, 0.1) is 6.54 Å². The fourth-order valence-corrected chi connectivity index (χ4v) is 2.45. The number of carbonyl (C=O) groups is 1. The molecule has 0 aromatic heterocycles. The molecule has 0 aliphatic carbocycles. The number of aryl methyl sites for hydroxylation is 2. The number of nitrogens with one attached hydrogen (secondary N) is 1. The second-order valence-electron chi connectivity index (χ2n) is 5.53. The van der Waals surface area contributed by atoms with Gasteiger partial charge in [-0.25, -0.2) is 0 Å². The van der Waals surface area contributed by atoms with Crippen LogP contribution >= 0.6 is 0 Å². The van der Waals surface area contributed by atoms with Gasteiger partial charge in [0.15, 0.2) is 11.5 Å². The quantitative estimate of drug-likeness (QED) is 0.947. The number of amides is 1. The molecule has 2 aromatic rings. The van der Waals surface area contributed by atoms with Crippen LogP contribution in [0.5, 0.6) is 11.5 Å². The largest absolute Gasteiger partial charge is 0.486 e. The van der Waals surface area contributed by atoms with Gasteiger partial charge >= 0.3 is 0 Å². The Hall–Kier alpha value is -2.49. The van der Waals surface area contributed by atoms with Gasteiger partial charge in [0.2, 0.25) is 0 Å². The van der Waals surface area contributed by atoms with Crippen molar-refractivity contribution in [2.45, 2.75) is 20.0 Å². The predicted molar refractivity (Wildman–Crippen MR) is 84.6 cm³/mol. The summed E-state index contributed by atoms with van der Waals surface area (Å²) in [5, 5.41) is 2.92. The number of carbonyl (C=O) groups excluding carboxylic acids is 1. The molecule has 0 saturated heterocycles. The predicted octanol–water partition coefficient (Wildman–Crippen LogP) is 2.87. The van der Waals surface area contributed by atoms with Crippen molar-refractivity contribution in [3.05, 3.63) is 59.2 Å². The summed E-state index contributed by atoms with van der Waals surface area (Å²) in [5.74, 6) is 1.39. The summed E-state index contributed by atoms with van der Waals surface area (Å²) in [6.07, 6.45) is -0.177. The van der Waals surface area contributed by atoms with Crippen molar-refractivity contribution < 1.29 is 14.3 Å². The Kier molecular flexibility index (Phi) is 4.00. The number of fused-ring (bicyclic) bond motifs is 1. The molecule has 3 rings (SSSR count). The zero-order valence-electron chi connectivity index (χ0n) is 12.8. The Bertz CT molecular complexity index is 696. The van der Waals surface area contributed by atoms with Crippen LogP contribution in [0.25, 0.3) is 0 Å². The van der Waals surface area contributed by atoms with Crippen molar-refractivity contribution in [3.63, 3.8) is 0 Å². The average Bonchev–Trinajstić information content (AvgIpc) is 2.54.